The van der Waals surface area contributed by atoms with Gasteiger partial charge in [0.2, 0.25) is 5.75 Å². The average Bonchev–Trinajstić information content (AvgIpc) is 3.06. The smallest absolute Gasteiger partial charge is 0.313 e. The third kappa shape index (κ3) is 3.05. The van der Waals surface area contributed by atoms with E-state index in [2.05, 4.69) is 5.32 Å². The fraction of sp³-hybridized carbons (Fsp3) is 0.391. The molecule has 1 aliphatic carbocycles. The molecule has 4 rings (SSSR count). The van der Waals surface area contributed by atoms with Crippen LogP contribution in [-0.2, 0) is 11.3 Å². The molecule has 0 spiro atoms. The first-order valence-electron chi connectivity index (χ1n) is 9.98. The van der Waals surface area contributed by atoms with Crippen molar-refractivity contribution < 1.29 is 28.9 Å². The molecule has 1 amide bonds. The molecule has 0 radical (unpaired) electrons. The predicted molar refractivity (Wildman–Crippen MR) is 110 cm³/mol. The van der Waals surface area contributed by atoms with Crippen molar-refractivity contribution in [2.45, 2.75) is 38.8 Å². The Balaban J connectivity index is 1.80. The molecule has 0 aromatic heterocycles. The van der Waals surface area contributed by atoms with Crippen molar-refractivity contribution in [1.29, 1.82) is 0 Å². The van der Waals surface area contributed by atoms with E-state index in [1.165, 1.54) is 7.11 Å². The Bertz CT molecular complexity index is 1010. The van der Waals surface area contributed by atoms with Crippen LogP contribution in [0.25, 0.3) is 11.1 Å². The average molecular weight is 411 g/mol. The summed E-state index contributed by atoms with van der Waals surface area (Å²) in [4.78, 5) is 23.8. The highest BCUT2D eigenvalue weighted by atomic mass is 16.5. The fourth-order valence-corrected chi connectivity index (χ4v) is 4.28. The molecule has 1 aliphatic heterocycles. The summed E-state index contributed by atoms with van der Waals surface area (Å²) in [7, 11) is 3.07. The minimum atomic E-state index is -0.903. The lowest BCUT2D eigenvalue weighted by atomic mass is 9.65. The Hall–Kier alpha value is -3.22. The molecule has 30 heavy (non-hydrogen) atoms. The SMILES string of the molecule is COc1ccc(-c2ccc3c(c2)CNC3=O)c(OC(C)C2(C(=O)O)CCC2)c1OC. The zero-order chi connectivity index (χ0) is 21.5. The summed E-state index contributed by atoms with van der Waals surface area (Å²) in [5.74, 6) is 0.430. The van der Waals surface area contributed by atoms with Crippen LogP contribution in [-0.4, -0.2) is 37.3 Å². The second-order valence-electron chi connectivity index (χ2n) is 7.81. The number of ether oxygens (including phenoxy) is 3. The maximum absolute atomic E-state index is 12.0. The van der Waals surface area contributed by atoms with Gasteiger partial charge in [0.1, 0.15) is 11.5 Å². The Morgan fingerprint density at radius 2 is 1.83 bits per heavy atom. The molecule has 1 saturated carbocycles. The van der Waals surface area contributed by atoms with Crippen LogP contribution < -0.4 is 19.5 Å². The first kappa shape index (κ1) is 20.1. The van der Waals surface area contributed by atoms with Crippen LogP contribution in [0.4, 0.5) is 0 Å². The van der Waals surface area contributed by atoms with Crippen molar-refractivity contribution in [3.05, 3.63) is 41.5 Å². The third-order valence-electron chi connectivity index (χ3n) is 6.34. The van der Waals surface area contributed by atoms with Crippen LogP contribution >= 0.6 is 0 Å². The number of hydrogen-bond acceptors (Lipinski definition) is 5. The van der Waals surface area contributed by atoms with Crippen molar-refractivity contribution in [2.24, 2.45) is 5.41 Å². The Morgan fingerprint density at radius 1 is 1.10 bits per heavy atom. The number of nitrogens with one attached hydrogen (secondary N) is 1. The van der Waals surface area contributed by atoms with E-state index in [0.29, 0.717) is 42.2 Å². The maximum Gasteiger partial charge on any atom is 0.313 e. The number of rotatable bonds is 7. The summed E-state index contributed by atoms with van der Waals surface area (Å²) in [6.45, 7) is 2.27. The van der Waals surface area contributed by atoms with Gasteiger partial charge in [0.05, 0.1) is 14.2 Å². The van der Waals surface area contributed by atoms with E-state index >= 15 is 0 Å². The van der Waals surface area contributed by atoms with Gasteiger partial charge in [-0.05, 0) is 55.2 Å². The molecule has 1 fully saturated rings. The summed E-state index contributed by atoms with van der Waals surface area (Å²) in [6.07, 6.45) is 1.48. The highest BCUT2D eigenvalue weighted by Crippen LogP contribution is 2.50. The van der Waals surface area contributed by atoms with Crippen molar-refractivity contribution >= 4 is 11.9 Å². The molecule has 0 bridgehead atoms. The summed E-state index contributed by atoms with van der Waals surface area (Å²) >= 11 is 0. The van der Waals surface area contributed by atoms with Crippen molar-refractivity contribution in [1.82, 2.24) is 5.32 Å². The number of benzene rings is 2. The van der Waals surface area contributed by atoms with E-state index < -0.39 is 17.5 Å². The summed E-state index contributed by atoms with van der Waals surface area (Å²) < 4.78 is 17.3. The van der Waals surface area contributed by atoms with E-state index in [9.17, 15) is 14.7 Å². The van der Waals surface area contributed by atoms with Crippen LogP contribution in [0.2, 0.25) is 0 Å². The van der Waals surface area contributed by atoms with Crippen LogP contribution in [0.15, 0.2) is 30.3 Å². The van der Waals surface area contributed by atoms with Gasteiger partial charge in [-0.2, -0.15) is 0 Å². The monoisotopic (exact) mass is 411 g/mol. The number of hydrogen-bond donors (Lipinski definition) is 2. The van der Waals surface area contributed by atoms with Gasteiger partial charge in [-0.3, -0.25) is 9.59 Å². The molecule has 7 nitrogen and oxygen atoms in total. The second kappa shape index (κ2) is 7.55. The number of amides is 1. The van der Waals surface area contributed by atoms with E-state index in [-0.39, 0.29) is 5.91 Å². The maximum atomic E-state index is 12.0. The molecule has 158 valence electrons. The molecule has 1 unspecified atom stereocenters. The molecule has 2 aromatic carbocycles. The first-order chi connectivity index (χ1) is 14.4. The quantitative estimate of drug-likeness (QED) is 0.723. The number of fused-ring (bicyclic) bond motifs is 1. The van der Waals surface area contributed by atoms with E-state index in [1.54, 1.807) is 26.2 Å². The Kier molecular flexibility index (Phi) is 5.05. The van der Waals surface area contributed by atoms with Gasteiger partial charge in [0.15, 0.2) is 11.5 Å². The van der Waals surface area contributed by atoms with Gasteiger partial charge in [0.25, 0.3) is 5.91 Å². The molecule has 2 aromatic rings. The highest BCUT2D eigenvalue weighted by molar-refractivity contribution is 5.99. The molecule has 1 atom stereocenters. The number of carbonyl (C=O) groups is 2. The third-order valence-corrected chi connectivity index (χ3v) is 6.34. The van der Waals surface area contributed by atoms with Gasteiger partial charge in [0, 0.05) is 17.7 Å². The second-order valence-corrected chi connectivity index (χ2v) is 7.81. The summed E-state index contributed by atoms with van der Waals surface area (Å²) in [6, 6.07) is 9.25. The molecular formula is C23H25NO6. The van der Waals surface area contributed by atoms with Gasteiger partial charge in [-0.25, -0.2) is 0 Å². The predicted octanol–water partition coefficient (Wildman–Crippen LogP) is 3.64. The number of aliphatic carboxylic acids is 1. The largest absolute Gasteiger partial charge is 0.493 e. The lowest BCUT2D eigenvalue weighted by Crippen LogP contribution is -2.49. The van der Waals surface area contributed by atoms with Gasteiger partial charge >= 0.3 is 5.97 Å². The lowest BCUT2D eigenvalue weighted by molar-refractivity contribution is -0.162. The van der Waals surface area contributed by atoms with Crippen molar-refractivity contribution in [3.8, 4) is 28.4 Å². The highest BCUT2D eigenvalue weighted by Gasteiger charge is 2.50. The topological polar surface area (TPSA) is 94.1 Å². The van der Waals surface area contributed by atoms with E-state index in [1.807, 2.05) is 18.2 Å². The molecule has 2 aliphatic rings. The lowest BCUT2D eigenvalue weighted by Gasteiger charge is -2.42. The zero-order valence-electron chi connectivity index (χ0n) is 17.3. The summed E-state index contributed by atoms with van der Waals surface area (Å²) in [5, 5.41) is 12.6. The van der Waals surface area contributed by atoms with E-state index in [4.69, 9.17) is 14.2 Å². The van der Waals surface area contributed by atoms with Crippen LogP contribution in [0.3, 0.4) is 0 Å². The first-order valence-corrected chi connectivity index (χ1v) is 9.98. The molecule has 0 saturated heterocycles. The summed E-state index contributed by atoms with van der Waals surface area (Å²) in [5.41, 5.74) is 2.27. The standard InChI is InChI=1S/C23H25NO6/c1-13(23(22(26)27)9-4-10-23)30-19-16(7-8-18(28-2)20(19)29-3)14-5-6-17-15(11-14)12-24-21(17)25/h5-8,11,13H,4,9-10,12H2,1-3H3,(H,24,25)(H,26,27). The van der Waals surface area contributed by atoms with Crippen LogP contribution in [0.1, 0.15) is 42.1 Å². The minimum Gasteiger partial charge on any atom is -0.493 e. The fourth-order valence-electron chi connectivity index (χ4n) is 4.28. The molecular weight excluding hydrogens is 386 g/mol. The Labute approximate surface area is 174 Å². The van der Waals surface area contributed by atoms with E-state index in [0.717, 1.165) is 23.1 Å². The Morgan fingerprint density at radius 3 is 2.43 bits per heavy atom. The number of methoxy groups -OCH3 is 2. The normalized spacial score (nSPS) is 17.4. The zero-order valence-corrected chi connectivity index (χ0v) is 17.3. The number of carboxylic acids is 1. The minimum absolute atomic E-state index is 0.0812. The van der Waals surface area contributed by atoms with Crippen molar-refractivity contribution in [3.63, 3.8) is 0 Å². The van der Waals surface area contributed by atoms with Gasteiger partial charge in [-0.15, -0.1) is 0 Å². The molecule has 7 heteroatoms. The van der Waals surface area contributed by atoms with Crippen molar-refractivity contribution in [2.75, 3.05) is 14.2 Å². The molecule has 2 N–H and O–H groups in total. The number of carboxylic acid groups (broad SMARTS) is 1. The number of carbonyl (C=O) groups excluding carboxylic acids is 1. The van der Waals surface area contributed by atoms with Gasteiger partial charge in [-0.1, -0.05) is 12.5 Å². The molecule has 1 heterocycles. The van der Waals surface area contributed by atoms with Crippen LogP contribution in [0, 0.1) is 5.41 Å². The van der Waals surface area contributed by atoms with Gasteiger partial charge < -0.3 is 24.6 Å². The van der Waals surface area contributed by atoms with Crippen LogP contribution in [0.5, 0.6) is 17.2 Å².